The molecule has 1 aromatic heterocycles. The normalized spacial score (nSPS) is 17.2. The zero-order valence-electron chi connectivity index (χ0n) is 15.6. The van der Waals surface area contributed by atoms with Crippen LogP contribution in [-0.4, -0.2) is 50.0 Å². The van der Waals surface area contributed by atoms with E-state index in [1.54, 1.807) is 23.2 Å². The van der Waals surface area contributed by atoms with Gasteiger partial charge in [-0.05, 0) is 31.0 Å². The second-order valence-electron chi connectivity index (χ2n) is 6.86. The van der Waals surface area contributed by atoms with Gasteiger partial charge < -0.3 is 14.4 Å². The Balaban J connectivity index is 1.62. The number of piperidine rings is 1. The van der Waals surface area contributed by atoms with E-state index >= 15 is 0 Å². The molecule has 0 spiro atoms. The van der Waals surface area contributed by atoms with Crippen molar-refractivity contribution >= 4 is 23.4 Å². The lowest BCUT2D eigenvalue weighted by Crippen LogP contribution is -2.45. The zero-order chi connectivity index (χ0) is 19.4. The van der Waals surface area contributed by atoms with E-state index in [-0.39, 0.29) is 17.7 Å². The van der Waals surface area contributed by atoms with E-state index in [0.29, 0.717) is 37.5 Å². The van der Waals surface area contributed by atoms with Gasteiger partial charge in [-0.15, -0.1) is 10.2 Å². The summed E-state index contributed by atoms with van der Waals surface area (Å²) in [5, 5.41) is 8.66. The van der Waals surface area contributed by atoms with Gasteiger partial charge in [-0.3, -0.25) is 9.59 Å². The van der Waals surface area contributed by atoms with Crippen molar-refractivity contribution in [1.82, 2.24) is 24.6 Å². The molecule has 1 saturated heterocycles. The van der Waals surface area contributed by atoms with Gasteiger partial charge in [-0.25, -0.2) is 0 Å². The molecule has 27 heavy (non-hydrogen) atoms. The number of aryl methyl sites for hydroxylation is 1. The number of likely N-dealkylation sites (tertiary alicyclic amines) is 1. The molecule has 0 bridgehead atoms. The highest BCUT2D eigenvalue weighted by atomic mass is 35.5. The summed E-state index contributed by atoms with van der Waals surface area (Å²) in [6.45, 7) is 4.11. The highest BCUT2D eigenvalue weighted by Crippen LogP contribution is 2.22. The van der Waals surface area contributed by atoms with E-state index in [2.05, 4.69) is 10.2 Å². The molecule has 8 heteroatoms. The van der Waals surface area contributed by atoms with Gasteiger partial charge in [-0.2, -0.15) is 0 Å². The lowest BCUT2D eigenvalue weighted by atomic mass is 9.95. The van der Waals surface area contributed by atoms with Crippen molar-refractivity contribution in [1.29, 1.82) is 0 Å². The maximum absolute atomic E-state index is 12.9. The van der Waals surface area contributed by atoms with Crippen molar-refractivity contribution in [2.45, 2.75) is 39.4 Å². The Morgan fingerprint density at radius 2 is 2.07 bits per heavy atom. The minimum Gasteiger partial charge on any atom is -0.338 e. The van der Waals surface area contributed by atoms with Crippen LogP contribution in [-0.2, 0) is 29.2 Å². The van der Waals surface area contributed by atoms with Crippen LogP contribution in [0.25, 0.3) is 0 Å². The van der Waals surface area contributed by atoms with E-state index in [9.17, 15) is 9.59 Å². The van der Waals surface area contributed by atoms with Crippen LogP contribution >= 0.6 is 11.6 Å². The zero-order valence-corrected chi connectivity index (χ0v) is 16.4. The maximum atomic E-state index is 12.9. The molecule has 1 aromatic carbocycles. The van der Waals surface area contributed by atoms with E-state index in [1.165, 1.54) is 0 Å². The number of carbonyl (C=O) groups is 2. The fraction of sp³-hybridized carbons (Fsp3) is 0.474. The molecule has 2 aromatic rings. The first-order valence-electron chi connectivity index (χ1n) is 9.11. The summed E-state index contributed by atoms with van der Waals surface area (Å²) in [5.41, 5.74) is 1.00. The third-order valence-electron chi connectivity index (χ3n) is 4.93. The maximum Gasteiger partial charge on any atom is 0.227 e. The fourth-order valence-electron chi connectivity index (χ4n) is 3.35. The topological polar surface area (TPSA) is 71.3 Å². The highest BCUT2D eigenvalue weighted by molar-refractivity contribution is 6.30. The minimum absolute atomic E-state index is 0.0364. The van der Waals surface area contributed by atoms with Crippen LogP contribution in [0.5, 0.6) is 0 Å². The Bertz CT molecular complexity index is 805. The highest BCUT2D eigenvalue weighted by Gasteiger charge is 2.32. The van der Waals surface area contributed by atoms with Crippen molar-refractivity contribution in [3.05, 3.63) is 47.0 Å². The lowest BCUT2D eigenvalue weighted by molar-refractivity contribution is -0.143. The molecular weight excluding hydrogens is 366 g/mol. The number of benzene rings is 1. The van der Waals surface area contributed by atoms with E-state index < -0.39 is 0 Å². The summed E-state index contributed by atoms with van der Waals surface area (Å²) >= 11 is 5.92. The molecular formula is C19H24ClN5O2. The van der Waals surface area contributed by atoms with Gasteiger partial charge in [0.05, 0.1) is 12.5 Å². The Labute approximate surface area is 163 Å². The number of hydrogen-bond acceptors (Lipinski definition) is 4. The Hall–Kier alpha value is -2.41. The SMILES string of the molecule is CCn1cnnc1CN(C)C(=O)[C@@H]1CCC(=O)N(Cc2ccc(Cl)cc2)C1. The molecule has 0 unspecified atom stereocenters. The summed E-state index contributed by atoms with van der Waals surface area (Å²) in [4.78, 5) is 28.6. The summed E-state index contributed by atoms with van der Waals surface area (Å²) < 4.78 is 1.92. The quantitative estimate of drug-likeness (QED) is 0.760. The molecule has 7 nitrogen and oxygen atoms in total. The second kappa shape index (κ2) is 8.52. The lowest BCUT2D eigenvalue weighted by Gasteiger charge is -2.34. The average molecular weight is 390 g/mol. The van der Waals surface area contributed by atoms with Gasteiger partial charge in [0.1, 0.15) is 6.33 Å². The number of aromatic nitrogens is 3. The van der Waals surface area contributed by atoms with Gasteiger partial charge in [0.2, 0.25) is 11.8 Å². The fourth-order valence-corrected chi connectivity index (χ4v) is 3.47. The van der Waals surface area contributed by atoms with Gasteiger partial charge in [-0.1, -0.05) is 23.7 Å². The molecule has 0 radical (unpaired) electrons. The first-order chi connectivity index (χ1) is 13.0. The number of nitrogens with zero attached hydrogens (tertiary/aromatic N) is 5. The second-order valence-corrected chi connectivity index (χ2v) is 7.30. The van der Waals surface area contributed by atoms with Crippen molar-refractivity contribution in [3.8, 4) is 0 Å². The van der Waals surface area contributed by atoms with Gasteiger partial charge in [0.15, 0.2) is 5.82 Å². The first-order valence-corrected chi connectivity index (χ1v) is 9.49. The summed E-state index contributed by atoms with van der Waals surface area (Å²) in [7, 11) is 1.77. The van der Waals surface area contributed by atoms with Crippen LogP contribution in [0.2, 0.25) is 5.02 Å². The van der Waals surface area contributed by atoms with Gasteiger partial charge >= 0.3 is 0 Å². The van der Waals surface area contributed by atoms with Crippen LogP contribution < -0.4 is 0 Å². The minimum atomic E-state index is -0.196. The van der Waals surface area contributed by atoms with E-state index in [1.807, 2.05) is 35.8 Å². The molecule has 1 aliphatic rings. The number of halogens is 1. The molecule has 0 saturated carbocycles. The average Bonchev–Trinajstić information content (AvgIpc) is 3.11. The first kappa shape index (κ1) is 19.4. The Morgan fingerprint density at radius 1 is 1.33 bits per heavy atom. The van der Waals surface area contributed by atoms with Crippen LogP contribution in [0, 0.1) is 5.92 Å². The van der Waals surface area contributed by atoms with Crippen LogP contribution in [0.4, 0.5) is 0 Å². The van der Waals surface area contributed by atoms with Crippen LogP contribution in [0.15, 0.2) is 30.6 Å². The molecule has 2 heterocycles. The van der Waals surface area contributed by atoms with E-state index in [4.69, 9.17) is 11.6 Å². The largest absolute Gasteiger partial charge is 0.338 e. The van der Waals surface area contributed by atoms with Crippen molar-refractivity contribution in [2.24, 2.45) is 5.92 Å². The monoisotopic (exact) mass is 389 g/mol. The predicted octanol–water partition coefficient (Wildman–Crippen LogP) is 2.35. The molecule has 144 valence electrons. The van der Waals surface area contributed by atoms with Crippen molar-refractivity contribution in [3.63, 3.8) is 0 Å². The van der Waals surface area contributed by atoms with Gasteiger partial charge in [0.25, 0.3) is 0 Å². The Kier molecular flexibility index (Phi) is 6.11. The molecule has 1 atom stereocenters. The standard InChI is InChI=1S/C19H24ClN5O2/c1-3-24-13-21-22-17(24)12-23(2)19(27)15-6-9-18(26)25(11-15)10-14-4-7-16(20)8-5-14/h4-5,7-8,13,15H,3,6,9-12H2,1-2H3/t15-/m1/s1. The van der Waals surface area contributed by atoms with Gasteiger partial charge in [0, 0.05) is 38.1 Å². The molecule has 3 rings (SSSR count). The predicted molar refractivity (Wildman–Crippen MR) is 102 cm³/mol. The van der Waals surface area contributed by atoms with Crippen LogP contribution in [0.1, 0.15) is 31.2 Å². The number of rotatable bonds is 6. The van der Waals surface area contributed by atoms with Crippen molar-refractivity contribution in [2.75, 3.05) is 13.6 Å². The smallest absolute Gasteiger partial charge is 0.227 e. The number of hydrogen-bond donors (Lipinski definition) is 0. The summed E-state index contributed by atoms with van der Waals surface area (Å²) in [5.74, 6) is 0.688. The molecule has 1 fully saturated rings. The molecule has 2 amide bonds. The van der Waals surface area contributed by atoms with E-state index in [0.717, 1.165) is 17.9 Å². The number of carbonyl (C=O) groups excluding carboxylic acids is 2. The third kappa shape index (κ3) is 4.66. The van der Waals surface area contributed by atoms with Crippen LogP contribution in [0.3, 0.4) is 0 Å². The Morgan fingerprint density at radius 3 is 2.78 bits per heavy atom. The van der Waals surface area contributed by atoms with Crippen molar-refractivity contribution < 1.29 is 9.59 Å². The third-order valence-corrected chi connectivity index (χ3v) is 5.18. The molecule has 0 aliphatic carbocycles. The molecule has 1 aliphatic heterocycles. The molecule has 0 N–H and O–H groups in total. The number of amides is 2. The summed E-state index contributed by atoms with van der Waals surface area (Å²) in [6.07, 6.45) is 2.64. The summed E-state index contributed by atoms with van der Waals surface area (Å²) in [6, 6.07) is 7.44.